The Kier molecular flexibility index (Phi) is 6.02. The molecule has 1 aromatic carbocycles. The van der Waals surface area contributed by atoms with Gasteiger partial charge < -0.3 is 5.32 Å². The number of allylic oxidation sites excluding steroid dienone is 2. The van der Waals surface area contributed by atoms with E-state index in [1.165, 1.54) is 4.90 Å². The summed E-state index contributed by atoms with van der Waals surface area (Å²) in [7, 11) is 0. The molecule has 0 bridgehead atoms. The van der Waals surface area contributed by atoms with Crippen LogP contribution in [0.4, 0.5) is 0 Å². The molecular formula is C16H21NOS. The molecule has 0 aromatic heterocycles. The van der Waals surface area contributed by atoms with Gasteiger partial charge in [0.15, 0.2) is 0 Å². The largest absolute Gasteiger partial charge is 0.356 e. The number of thioether (sulfide) groups is 1. The van der Waals surface area contributed by atoms with Gasteiger partial charge in [0.2, 0.25) is 5.91 Å². The molecule has 1 unspecified atom stereocenters. The molecule has 0 saturated carbocycles. The standard InChI is InChI=1S/C16H21NOS/c18-16(14-8-3-1-4-9-14)17-12-7-13-19-15-10-5-2-6-11-15/h1-3,5-6,10-11,14H,4,7-9,12-13H2,(H,17,18). The smallest absolute Gasteiger partial charge is 0.223 e. The molecular weight excluding hydrogens is 254 g/mol. The Labute approximate surface area is 119 Å². The van der Waals surface area contributed by atoms with E-state index in [4.69, 9.17) is 0 Å². The zero-order valence-corrected chi connectivity index (χ0v) is 12.0. The lowest BCUT2D eigenvalue weighted by molar-refractivity contribution is -0.125. The molecule has 2 nitrogen and oxygen atoms in total. The third-order valence-electron chi connectivity index (χ3n) is 3.27. The maximum absolute atomic E-state index is 11.9. The summed E-state index contributed by atoms with van der Waals surface area (Å²) >= 11 is 1.85. The Bertz CT molecular complexity index is 416. The SMILES string of the molecule is O=C(NCCCSc1ccccc1)C1CC=CCC1. The Morgan fingerprint density at radius 2 is 2.11 bits per heavy atom. The molecule has 0 spiro atoms. The summed E-state index contributed by atoms with van der Waals surface area (Å²) in [5.74, 6) is 1.48. The van der Waals surface area contributed by atoms with Crippen molar-refractivity contribution in [3.8, 4) is 0 Å². The molecule has 102 valence electrons. The molecule has 0 saturated heterocycles. The highest BCUT2D eigenvalue weighted by Gasteiger charge is 2.17. The lowest BCUT2D eigenvalue weighted by atomic mass is 9.94. The van der Waals surface area contributed by atoms with E-state index in [1.54, 1.807) is 0 Å². The molecule has 0 fully saturated rings. The Morgan fingerprint density at radius 3 is 2.84 bits per heavy atom. The van der Waals surface area contributed by atoms with Crippen LogP contribution in [-0.4, -0.2) is 18.2 Å². The molecule has 19 heavy (non-hydrogen) atoms. The second-order valence-electron chi connectivity index (χ2n) is 4.79. The molecule has 0 aliphatic heterocycles. The maximum atomic E-state index is 11.9. The molecule has 2 rings (SSSR count). The van der Waals surface area contributed by atoms with Crippen LogP contribution in [0.25, 0.3) is 0 Å². The molecule has 1 atom stereocenters. The monoisotopic (exact) mass is 275 g/mol. The van der Waals surface area contributed by atoms with Crippen LogP contribution >= 0.6 is 11.8 Å². The number of benzene rings is 1. The summed E-state index contributed by atoms with van der Waals surface area (Å²) in [6, 6.07) is 10.4. The molecule has 1 N–H and O–H groups in total. The van der Waals surface area contributed by atoms with Gasteiger partial charge >= 0.3 is 0 Å². The predicted molar refractivity (Wildman–Crippen MR) is 81.3 cm³/mol. The molecule has 1 amide bonds. The van der Waals surface area contributed by atoms with Crippen molar-refractivity contribution in [1.29, 1.82) is 0 Å². The minimum atomic E-state index is 0.201. The summed E-state index contributed by atoms with van der Waals surface area (Å²) in [6.45, 7) is 0.791. The van der Waals surface area contributed by atoms with Gasteiger partial charge in [-0.15, -0.1) is 11.8 Å². The second kappa shape index (κ2) is 8.05. The van der Waals surface area contributed by atoms with Gasteiger partial charge in [-0.1, -0.05) is 30.4 Å². The minimum absolute atomic E-state index is 0.201. The first kappa shape index (κ1) is 14.2. The van der Waals surface area contributed by atoms with Crippen LogP contribution in [-0.2, 0) is 4.79 Å². The molecule has 3 heteroatoms. The minimum Gasteiger partial charge on any atom is -0.356 e. The first-order valence-corrected chi connectivity index (χ1v) is 7.95. The highest BCUT2D eigenvalue weighted by atomic mass is 32.2. The van der Waals surface area contributed by atoms with Gasteiger partial charge in [0.1, 0.15) is 0 Å². The van der Waals surface area contributed by atoms with Crippen molar-refractivity contribution >= 4 is 17.7 Å². The first-order chi connectivity index (χ1) is 9.36. The summed E-state index contributed by atoms with van der Waals surface area (Å²) in [5, 5.41) is 3.05. The van der Waals surface area contributed by atoms with E-state index in [0.717, 1.165) is 38.0 Å². The highest BCUT2D eigenvalue weighted by molar-refractivity contribution is 7.99. The third-order valence-corrected chi connectivity index (χ3v) is 4.37. The van der Waals surface area contributed by atoms with Crippen LogP contribution in [0.15, 0.2) is 47.4 Å². The summed E-state index contributed by atoms with van der Waals surface area (Å²) < 4.78 is 0. The van der Waals surface area contributed by atoms with Crippen molar-refractivity contribution in [3.63, 3.8) is 0 Å². The van der Waals surface area contributed by atoms with Crippen molar-refractivity contribution in [1.82, 2.24) is 5.32 Å². The van der Waals surface area contributed by atoms with Gasteiger partial charge in [0.25, 0.3) is 0 Å². The van der Waals surface area contributed by atoms with Gasteiger partial charge in [-0.05, 0) is 43.6 Å². The summed E-state index contributed by atoms with van der Waals surface area (Å²) in [4.78, 5) is 13.2. The average Bonchev–Trinajstić information content (AvgIpc) is 2.49. The number of carbonyl (C=O) groups is 1. The quantitative estimate of drug-likeness (QED) is 0.488. The zero-order valence-electron chi connectivity index (χ0n) is 11.2. The predicted octanol–water partition coefficient (Wildman–Crippen LogP) is 3.64. The fourth-order valence-electron chi connectivity index (χ4n) is 2.17. The fourth-order valence-corrected chi connectivity index (χ4v) is 3.04. The third kappa shape index (κ3) is 5.11. The number of carbonyl (C=O) groups excluding carboxylic acids is 1. The van der Waals surface area contributed by atoms with Crippen LogP contribution in [0.3, 0.4) is 0 Å². The van der Waals surface area contributed by atoms with Crippen LogP contribution in [0, 0.1) is 5.92 Å². The van der Waals surface area contributed by atoms with Crippen molar-refractivity contribution in [2.45, 2.75) is 30.6 Å². The van der Waals surface area contributed by atoms with Crippen molar-refractivity contribution in [2.24, 2.45) is 5.92 Å². The van der Waals surface area contributed by atoms with Gasteiger partial charge in [0.05, 0.1) is 0 Å². The lowest BCUT2D eigenvalue weighted by Gasteiger charge is -2.17. The van der Waals surface area contributed by atoms with E-state index in [1.807, 2.05) is 17.8 Å². The number of amides is 1. The van der Waals surface area contributed by atoms with E-state index in [-0.39, 0.29) is 11.8 Å². The molecule has 1 aliphatic carbocycles. The van der Waals surface area contributed by atoms with Crippen LogP contribution in [0.2, 0.25) is 0 Å². The molecule has 0 radical (unpaired) electrons. The van der Waals surface area contributed by atoms with E-state index < -0.39 is 0 Å². The number of hydrogen-bond acceptors (Lipinski definition) is 2. The Hall–Kier alpha value is -1.22. The molecule has 1 aromatic rings. The Balaban J connectivity index is 1.56. The van der Waals surface area contributed by atoms with E-state index >= 15 is 0 Å². The number of hydrogen-bond donors (Lipinski definition) is 1. The first-order valence-electron chi connectivity index (χ1n) is 6.97. The van der Waals surface area contributed by atoms with Crippen molar-refractivity contribution in [3.05, 3.63) is 42.5 Å². The molecule has 1 aliphatic rings. The van der Waals surface area contributed by atoms with Gasteiger partial charge in [-0.3, -0.25) is 4.79 Å². The Morgan fingerprint density at radius 1 is 1.26 bits per heavy atom. The second-order valence-corrected chi connectivity index (χ2v) is 5.96. The average molecular weight is 275 g/mol. The van der Waals surface area contributed by atoms with Crippen molar-refractivity contribution in [2.75, 3.05) is 12.3 Å². The summed E-state index contributed by atoms with van der Waals surface area (Å²) in [5.41, 5.74) is 0. The maximum Gasteiger partial charge on any atom is 0.223 e. The topological polar surface area (TPSA) is 29.1 Å². The number of rotatable bonds is 6. The van der Waals surface area contributed by atoms with E-state index in [9.17, 15) is 4.79 Å². The lowest BCUT2D eigenvalue weighted by Crippen LogP contribution is -2.32. The van der Waals surface area contributed by atoms with Crippen LogP contribution in [0.1, 0.15) is 25.7 Å². The fraction of sp³-hybridized carbons (Fsp3) is 0.438. The van der Waals surface area contributed by atoms with Gasteiger partial charge in [0, 0.05) is 17.4 Å². The molecule has 0 heterocycles. The van der Waals surface area contributed by atoms with Gasteiger partial charge in [-0.25, -0.2) is 0 Å². The summed E-state index contributed by atoms with van der Waals surface area (Å²) in [6.07, 6.45) is 8.26. The number of nitrogens with one attached hydrogen (secondary N) is 1. The normalized spacial score (nSPS) is 18.2. The van der Waals surface area contributed by atoms with Crippen LogP contribution < -0.4 is 5.32 Å². The highest BCUT2D eigenvalue weighted by Crippen LogP contribution is 2.19. The van der Waals surface area contributed by atoms with Gasteiger partial charge in [-0.2, -0.15) is 0 Å². The van der Waals surface area contributed by atoms with Crippen LogP contribution in [0.5, 0.6) is 0 Å². The zero-order chi connectivity index (χ0) is 13.3. The van der Waals surface area contributed by atoms with E-state index in [2.05, 4.69) is 41.7 Å². The van der Waals surface area contributed by atoms with Crippen molar-refractivity contribution < 1.29 is 4.79 Å². The van der Waals surface area contributed by atoms with E-state index in [0.29, 0.717) is 0 Å².